The molecule has 2 aromatic rings. The molecule has 0 unspecified atom stereocenters. The number of ether oxygens (including phenoxy) is 2. The molecule has 4 heteroatoms. The molecule has 0 fully saturated rings. The van der Waals surface area contributed by atoms with Gasteiger partial charge < -0.3 is 14.8 Å². The van der Waals surface area contributed by atoms with Crippen molar-refractivity contribution in [1.82, 2.24) is 5.32 Å². The van der Waals surface area contributed by atoms with Gasteiger partial charge in [0.1, 0.15) is 0 Å². The maximum Gasteiger partial charge on any atom is 0.161 e. The second kappa shape index (κ2) is 9.59. The molecule has 0 atom stereocenters. The third-order valence-electron chi connectivity index (χ3n) is 3.70. The van der Waals surface area contributed by atoms with Gasteiger partial charge in [0, 0.05) is 13.1 Å². The number of hydrogen-bond acceptors (Lipinski definition) is 4. The first-order valence-electron chi connectivity index (χ1n) is 8.26. The summed E-state index contributed by atoms with van der Waals surface area (Å²) in [6.07, 6.45) is 2.14. The van der Waals surface area contributed by atoms with E-state index < -0.39 is 0 Å². The van der Waals surface area contributed by atoms with Gasteiger partial charge in [-0.3, -0.25) is 0 Å². The molecule has 0 saturated carbocycles. The molecule has 4 nitrogen and oxygen atoms in total. The molecule has 0 aliphatic rings. The molecule has 0 bridgehead atoms. The Morgan fingerprint density at radius 3 is 2.54 bits per heavy atom. The predicted molar refractivity (Wildman–Crippen MR) is 95.1 cm³/mol. The van der Waals surface area contributed by atoms with Gasteiger partial charge in [-0.25, -0.2) is 0 Å². The SMILES string of the molecule is CCCCOc1ccc(CNCc2cccc(C#N)c2)cc1OC. The molecule has 0 aliphatic carbocycles. The second-order valence-electron chi connectivity index (χ2n) is 5.60. The molecule has 0 spiro atoms. The molecule has 24 heavy (non-hydrogen) atoms. The van der Waals surface area contributed by atoms with Gasteiger partial charge in [0.2, 0.25) is 0 Å². The number of rotatable bonds is 9. The van der Waals surface area contributed by atoms with Gasteiger partial charge in [0.25, 0.3) is 0 Å². The van der Waals surface area contributed by atoms with Crippen LogP contribution < -0.4 is 14.8 Å². The van der Waals surface area contributed by atoms with Gasteiger partial charge in [-0.15, -0.1) is 0 Å². The van der Waals surface area contributed by atoms with E-state index in [1.807, 2.05) is 42.5 Å². The summed E-state index contributed by atoms with van der Waals surface area (Å²) in [5.41, 5.74) is 2.91. The van der Waals surface area contributed by atoms with E-state index in [2.05, 4.69) is 18.3 Å². The summed E-state index contributed by atoms with van der Waals surface area (Å²) in [6, 6.07) is 15.8. The fourth-order valence-electron chi connectivity index (χ4n) is 2.37. The lowest BCUT2D eigenvalue weighted by atomic mass is 10.1. The van der Waals surface area contributed by atoms with Crippen LogP contribution in [0.1, 0.15) is 36.5 Å². The third kappa shape index (κ3) is 5.29. The lowest BCUT2D eigenvalue weighted by Gasteiger charge is -2.12. The lowest BCUT2D eigenvalue weighted by molar-refractivity contribution is 0.288. The molecule has 0 aliphatic heterocycles. The van der Waals surface area contributed by atoms with E-state index in [-0.39, 0.29) is 0 Å². The van der Waals surface area contributed by atoms with Gasteiger partial charge in [0.05, 0.1) is 25.3 Å². The molecule has 0 saturated heterocycles. The third-order valence-corrected chi connectivity index (χ3v) is 3.70. The summed E-state index contributed by atoms with van der Waals surface area (Å²) in [5.74, 6) is 1.55. The van der Waals surface area contributed by atoms with Crippen molar-refractivity contribution in [3.8, 4) is 17.6 Å². The average Bonchev–Trinajstić information content (AvgIpc) is 2.63. The summed E-state index contributed by atoms with van der Waals surface area (Å²) in [4.78, 5) is 0. The number of benzene rings is 2. The Balaban J connectivity index is 1.91. The van der Waals surface area contributed by atoms with Gasteiger partial charge in [-0.1, -0.05) is 31.5 Å². The molecule has 126 valence electrons. The normalized spacial score (nSPS) is 10.2. The Labute approximate surface area is 144 Å². The quantitative estimate of drug-likeness (QED) is 0.707. The summed E-state index contributed by atoms with van der Waals surface area (Å²) in [6.45, 7) is 4.29. The van der Waals surface area contributed by atoms with Gasteiger partial charge in [-0.2, -0.15) is 5.26 Å². The zero-order valence-electron chi connectivity index (χ0n) is 14.3. The number of methoxy groups -OCH3 is 1. The first-order valence-corrected chi connectivity index (χ1v) is 8.26. The van der Waals surface area contributed by atoms with E-state index in [4.69, 9.17) is 14.7 Å². The maximum absolute atomic E-state index is 8.93. The van der Waals surface area contributed by atoms with Crippen molar-refractivity contribution in [2.24, 2.45) is 0 Å². The minimum atomic E-state index is 0.685. The van der Waals surface area contributed by atoms with Crippen LogP contribution in [0.5, 0.6) is 11.5 Å². The molecule has 0 heterocycles. The Kier molecular flexibility index (Phi) is 7.13. The van der Waals surface area contributed by atoms with Crippen molar-refractivity contribution in [2.45, 2.75) is 32.9 Å². The fourth-order valence-corrected chi connectivity index (χ4v) is 2.37. The van der Waals surface area contributed by atoms with Crippen LogP contribution in [-0.4, -0.2) is 13.7 Å². The van der Waals surface area contributed by atoms with E-state index in [1.165, 1.54) is 0 Å². The van der Waals surface area contributed by atoms with Crippen LogP contribution >= 0.6 is 0 Å². The van der Waals surface area contributed by atoms with Crippen LogP contribution in [0.15, 0.2) is 42.5 Å². The predicted octanol–water partition coefficient (Wildman–Crippen LogP) is 4.04. The highest BCUT2D eigenvalue weighted by Gasteiger charge is 2.06. The minimum Gasteiger partial charge on any atom is -0.493 e. The number of nitrogens with zero attached hydrogens (tertiary/aromatic N) is 1. The largest absolute Gasteiger partial charge is 0.493 e. The van der Waals surface area contributed by atoms with Gasteiger partial charge in [-0.05, 0) is 41.8 Å². The number of nitriles is 1. The monoisotopic (exact) mass is 324 g/mol. The Hall–Kier alpha value is -2.51. The number of unbranched alkanes of at least 4 members (excludes halogenated alkanes) is 1. The van der Waals surface area contributed by atoms with Crippen LogP contribution in [0.3, 0.4) is 0 Å². The molecule has 0 amide bonds. The summed E-state index contributed by atoms with van der Waals surface area (Å²) >= 11 is 0. The van der Waals surface area contributed by atoms with E-state index in [0.29, 0.717) is 18.7 Å². The van der Waals surface area contributed by atoms with E-state index in [1.54, 1.807) is 7.11 Å². The summed E-state index contributed by atoms with van der Waals surface area (Å²) in [7, 11) is 1.66. The standard InChI is InChI=1S/C20H24N2O2/c1-3-4-10-24-19-9-8-18(12-20(19)23-2)15-22-14-17-7-5-6-16(11-17)13-21/h5-9,11-12,22H,3-4,10,14-15H2,1-2H3. The molecular weight excluding hydrogens is 300 g/mol. The van der Waals surface area contributed by atoms with Gasteiger partial charge >= 0.3 is 0 Å². The zero-order chi connectivity index (χ0) is 17.2. The molecule has 2 rings (SSSR count). The van der Waals surface area contributed by atoms with Gasteiger partial charge in [0.15, 0.2) is 11.5 Å². The van der Waals surface area contributed by atoms with E-state index in [9.17, 15) is 0 Å². The van der Waals surface area contributed by atoms with Crippen molar-refractivity contribution in [2.75, 3.05) is 13.7 Å². The zero-order valence-corrected chi connectivity index (χ0v) is 14.3. The Morgan fingerprint density at radius 1 is 1.04 bits per heavy atom. The van der Waals surface area contributed by atoms with Crippen molar-refractivity contribution < 1.29 is 9.47 Å². The van der Waals surface area contributed by atoms with Crippen LogP contribution in [0.4, 0.5) is 0 Å². The smallest absolute Gasteiger partial charge is 0.161 e. The first-order chi connectivity index (χ1) is 11.8. The molecular formula is C20H24N2O2. The fraction of sp³-hybridized carbons (Fsp3) is 0.350. The van der Waals surface area contributed by atoms with Crippen LogP contribution in [0.25, 0.3) is 0 Å². The first kappa shape index (κ1) is 17.8. The van der Waals surface area contributed by atoms with Crippen molar-refractivity contribution in [3.63, 3.8) is 0 Å². The van der Waals surface area contributed by atoms with Crippen LogP contribution in [-0.2, 0) is 13.1 Å². The highest BCUT2D eigenvalue weighted by Crippen LogP contribution is 2.28. The summed E-state index contributed by atoms with van der Waals surface area (Å²) in [5, 5.41) is 12.3. The molecule has 1 N–H and O–H groups in total. The van der Waals surface area contributed by atoms with Crippen molar-refractivity contribution >= 4 is 0 Å². The molecule has 0 radical (unpaired) electrons. The van der Waals surface area contributed by atoms with Crippen LogP contribution in [0.2, 0.25) is 0 Å². The lowest BCUT2D eigenvalue weighted by Crippen LogP contribution is -2.13. The second-order valence-corrected chi connectivity index (χ2v) is 5.60. The van der Waals surface area contributed by atoms with E-state index >= 15 is 0 Å². The highest BCUT2D eigenvalue weighted by atomic mass is 16.5. The van der Waals surface area contributed by atoms with E-state index in [0.717, 1.165) is 42.0 Å². The van der Waals surface area contributed by atoms with Crippen molar-refractivity contribution in [1.29, 1.82) is 5.26 Å². The Bertz CT molecular complexity index is 692. The number of hydrogen-bond donors (Lipinski definition) is 1. The topological polar surface area (TPSA) is 54.3 Å². The number of nitrogens with one attached hydrogen (secondary N) is 1. The van der Waals surface area contributed by atoms with Crippen LogP contribution in [0, 0.1) is 11.3 Å². The average molecular weight is 324 g/mol. The highest BCUT2D eigenvalue weighted by molar-refractivity contribution is 5.43. The maximum atomic E-state index is 8.93. The molecule has 0 aromatic heterocycles. The minimum absolute atomic E-state index is 0.685. The molecule has 2 aromatic carbocycles. The van der Waals surface area contributed by atoms with Crippen molar-refractivity contribution in [3.05, 3.63) is 59.2 Å². The summed E-state index contributed by atoms with van der Waals surface area (Å²) < 4.78 is 11.2. The Morgan fingerprint density at radius 2 is 1.83 bits per heavy atom.